The molecule has 2 heterocycles. The molecule has 2 N–H and O–H groups in total. The number of amides is 1. The third kappa shape index (κ3) is 4.64. The second kappa shape index (κ2) is 7.21. The number of carbonyl (C=O) groups excluding carboxylic acids is 2. The van der Waals surface area contributed by atoms with E-state index in [1.54, 1.807) is 18.7 Å². The minimum Gasteiger partial charge on any atom is -0.418 e. The molecule has 0 radical (unpaired) electrons. The molecular formula is C17H28N4O4. The maximum Gasteiger partial charge on any atom is 0.286 e. The average molecular weight is 352 g/mol. The van der Waals surface area contributed by atoms with Gasteiger partial charge in [-0.2, -0.15) is 0 Å². The summed E-state index contributed by atoms with van der Waals surface area (Å²) in [6, 6.07) is -0.570. The summed E-state index contributed by atoms with van der Waals surface area (Å²) >= 11 is 0. The van der Waals surface area contributed by atoms with Crippen molar-refractivity contribution >= 4 is 11.7 Å². The lowest BCUT2D eigenvalue weighted by molar-refractivity contribution is -0.130. The van der Waals surface area contributed by atoms with Gasteiger partial charge in [0.05, 0.1) is 13.2 Å². The maximum absolute atomic E-state index is 12.7. The number of nitrogens with zero attached hydrogens (tertiary/aromatic N) is 3. The van der Waals surface area contributed by atoms with Gasteiger partial charge in [-0.3, -0.25) is 9.59 Å². The number of rotatable bonds is 6. The number of Topliss-reactive ketones (excluding diaryl/α,β-unsaturated/α-hetero) is 1. The zero-order valence-corrected chi connectivity index (χ0v) is 15.6. The first-order valence-electron chi connectivity index (χ1n) is 8.59. The van der Waals surface area contributed by atoms with Gasteiger partial charge in [0.2, 0.25) is 17.6 Å². The standard InChI is InChI=1S/C17H28N4O4/c1-16(2,3)15-20-19-14(25-15)13(24)11-7-6-8-21(11)12(23)9-18-17(4,5)10-22/h11,18,22H,6-10H2,1-5H3. The Bertz CT molecular complexity index is 633. The van der Waals surface area contributed by atoms with Gasteiger partial charge in [0.1, 0.15) is 6.04 Å². The van der Waals surface area contributed by atoms with Crippen molar-refractivity contribution < 1.29 is 19.1 Å². The molecule has 0 saturated carbocycles. The smallest absolute Gasteiger partial charge is 0.286 e. The van der Waals surface area contributed by atoms with Crippen LogP contribution < -0.4 is 5.32 Å². The van der Waals surface area contributed by atoms with Crippen LogP contribution in [0.4, 0.5) is 0 Å². The topological polar surface area (TPSA) is 109 Å². The number of hydrogen-bond donors (Lipinski definition) is 2. The van der Waals surface area contributed by atoms with Crippen LogP contribution in [0.25, 0.3) is 0 Å². The van der Waals surface area contributed by atoms with E-state index in [9.17, 15) is 14.7 Å². The third-order valence-electron chi connectivity index (χ3n) is 4.27. The number of aliphatic hydroxyl groups is 1. The first-order valence-corrected chi connectivity index (χ1v) is 8.59. The first kappa shape index (κ1) is 19.5. The predicted molar refractivity (Wildman–Crippen MR) is 91.2 cm³/mol. The van der Waals surface area contributed by atoms with Gasteiger partial charge in [-0.05, 0) is 26.7 Å². The molecule has 25 heavy (non-hydrogen) atoms. The Morgan fingerprint density at radius 2 is 1.96 bits per heavy atom. The molecule has 0 aliphatic carbocycles. The number of likely N-dealkylation sites (tertiary alicyclic amines) is 1. The maximum atomic E-state index is 12.7. The van der Waals surface area contributed by atoms with E-state index in [4.69, 9.17) is 4.42 Å². The van der Waals surface area contributed by atoms with Crippen LogP contribution in [0.5, 0.6) is 0 Å². The number of ketones is 1. The molecular weight excluding hydrogens is 324 g/mol. The molecule has 0 bridgehead atoms. The van der Waals surface area contributed by atoms with Crippen LogP contribution in [0.2, 0.25) is 0 Å². The molecule has 140 valence electrons. The summed E-state index contributed by atoms with van der Waals surface area (Å²) in [4.78, 5) is 26.7. The molecule has 2 rings (SSSR count). The number of aliphatic hydroxyl groups excluding tert-OH is 1. The molecule has 1 unspecified atom stereocenters. The van der Waals surface area contributed by atoms with E-state index in [-0.39, 0.29) is 36.1 Å². The van der Waals surface area contributed by atoms with Crippen molar-refractivity contribution in [3.63, 3.8) is 0 Å². The van der Waals surface area contributed by atoms with Crippen LogP contribution in [0.1, 0.15) is 64.0 Å². The Kier molecular flexibility index (Phi) is 5.63. The molecule has 1 atom stereocenters. The monoisotopic (exact) mass is 352 g/mol. The fraction of sp³-hybridized carbons (Fsp3) is 0.765. The minimum atomic E-state index is -0.570. The van der Waals surface area contributed by atoms with Gasteiger partial charge in [0.25, 0.3) is 5.89 Å². The fourth-order valence-corrected chi connectivity index (χ4v) is 2.58. The summed E-state index contributed by atoms with van der Waals surface area (Å²) in [6.45, 7) is 9.89. The highest BCUT2D eigenvalue weighted by atomic mass is 16.4. The highest BCUT2D eigenvalue weighted by Gasteiger charge is 2.37. The Morgan fingerprint density at radius 3 is 2.52 bits per heavy atom. The Balaban J connectivity index is 2.06. The third-order valence-corrected chi connectivity index (χ3v) is 4.27. The first-order chi connectivity index (χ1) is 11.5. The SMILES string of the molecule is CC(C)(CO)NCC(=O)N1CCCC1C(=O)c1nnc(C(C)(C)C)o1. The molecule has 1 saturated heterocycles. The van der Waals surface area contributed by atoms with E-state index in [0.717, 1.165) is 6.42 Å². The van der Waals surface area contributed by atoms with Crippen LogP contribution in [0, 0.1) is 0 Å². The Labute approximate surface area is 148 Å². The highest BCUT2D eigenvalue weighted by Crippen LogP contribution is 2.24. The Morgan fingerprint density at radius 1 is 1.28 bits per heavy atom. The zero-order chi connectivity index (χ0) is 18.8. The molecule has 1 aliphatic rings. The van der Waals surface area contributed by atoms with Crippen LogP contribution in [-0.2, 0) is 10.2 Å². The molecule has 0 aromatic carbocycles. The summed E-state index contributed by atoms with van der Waals surface area (Å²) in [5.41, 5.74) is -0.889. The van der Waals surface area contributed by atoms with Gasteiger partial charge in [0, 0.05) is 17.5 Å². The molecule has 1 aromatic heterocycles. The van der Waals surface area contributed by atoms with Crippen molar-refractivity contribution in [1.82, 2.24) is 20.4 Å². The summed E-state index contributed by atoms with van der Waals surface area (Å²) in [7, 11) is 0. The largest absolute Gasteiger partial charge is 0.418 e. The average Bonchev–Trinajstić information content (AvgIpc) is 3.20. The highest BCUT2D eigenvalue weighted by molar-refractivity contribution is 5.98. The molecule has 8 nitrogen and oxygen atoms in total. The number of nitrogens with one attached hydrogen (secondary N) is 1. The quantitative estimate of drug-likeness (QED) is 0.732. The molecule has 1 amide bonds. The predicted octanol–water partition coefficient (Wildman–Crippen LogP) is 0.901. The summed E-state index contributed by atoms with van der Waals surface area (Å²) in [5, 5.41) is 20.1. The second-order valence-corrected chi connectivity index (χ2v) is 8.17. The van der Waals surface area contributed by atoms with E-state index in [2.05, 4.69) is 15.5 Å². The van der Waals surface area contributed by atoms with Crippen molar-refractivity contribution in [2.75, 3.05) is 19.7 Å². The van der Waals surface area contributed by atoms with Gasteiger partial charge in [-0.15, -0.1) is 10.2 Å². The van der Waals surface area contributed by atoms with Crippen LogP contribution >= 0.6 is 0 Å². The van der Waals surface area contributed by atoms with Crippen LogP contribution in [-0.4, -0.2) is 63.2 Å². The van der Waals surface area contributed by atoms with Gasteiger partial charge in [0.15, 0.2) is 0 Å². The van der Waals surface area contributed by atoms with Crippen molar-refractivity contribution in [1.29, 1.82) is 0 Å². The van der Waals surface area contributed by atoms with Crippen LogP contribution in [0.15, 0.2) is 4.42 Å². The molecule has 1 aliphatic heterocycles. The normalized spacial score (nSPS) is 18.6. The lowest BCUT2D eigenvalue weighted by atomic mass is 9.97. The van der Waals surface area contributed by atoms with Gasteiger partial charge in [-0.25, -0.2) is 0 Å². The van der Waals surface area contributed by atoms with E-state index >= 15 is 0 Å². The van der Waals surface area contributed by atoms with Crippen molar-refractivity contribution in [3.05, 3.63) is 11.8 Å². The number of hydrogen-bond acceptors (Lipinski definition) is 7. The van der Waals surface area contributed by atoms with Crippen molar-refractivity contribution in [3.8, 4) is 0 Å². The lowest BCUT2D eigenvalue weighted by Crippen LogP contribution is -2.50. The van der Waals surface area contributed by atoms with E-state index < -0.39 is 11.6 Å². The molecule has 0 spiro atoms. The summed E-state index contributed by atoms with van der Waals surface area (Å²) in [6.07, 6.45) is 1.34. The number of aromatic nitrogens is 2. The number of carbonyl (C=O) groups is 2. The molecule has 8 heteroatoms. The summed E-state index contributed by atoms with van der Waals surface area (Å²) < 4.78 is 5.52. The molecule has 1 aromatic rings. The van der Waals surface area contributed by atoms with E-state index in [1.807, 2.05) is 20.8 Å². The van der Waals surface area contributed by atoms with Crippen molar-refractivity contribution in [2.45, 2.75) is 64.5 Å². The van der Waals surface area contributed by atoms with Gasteiger partial charge >= 0.3 is 0 Å². The van der Waals surface area contributed by atoms with E-state index in [1.165, 1.54) is 0 Å². The fourth-order valence-electron chi connectivity index (χ4n) is 2.58. The zero-order valence-electron chi connectivity index (χ0n) is 15.6. The van der Waals surface area contributed by atoms with Gasteiger partial charge < -0.3 is 19.7 Å². The van der Waals surface area contributed by atoms with Gasteiger partial charge in [-0.1, -0.05) is 20.8 Å². The minimum absolute atomic E-state index is 0.0433. The summed E-state index contributed by atoms with van der Waals surface area (Å²) in [5.74, 6) is -0.125. The van der Waals surface area contributed by atoms with Crippen molar-refractivity contribution in [2.24, 2.45) is 0 Å². The van der Waals surface area contributed by atoms with Crippen LogP contribution in [0.3, 0.4) is 0 Å². The Hall–Kier alpha value is -1.80. The molecule has 1 fully saturated rings. The lowest BCUT2D eigenvalue weighted by Gasteiger charge is -2.27. The second-order valence-electron chi connectivity index (χ2n) is 8.17. The van der Waals surface area contributed by atoms with E-state index in [0.29, 0.717) is 18.9 Å².